The number of amides is 1. The van der Waals surface area contributed by atoms with Gasteiger partial charge in [-0.2, -0.15) is 0 Å². The topological polar surface area (TPSA) is 58.4 Å². The normalized spacial score (nSPS) is 29.1. The smallest absolute Gasteiger partial charge is 0.259 e. The Bertz CT molecular complexity index is 377. The summed E-state index contributed by atoms with van der Waals surface area (Å²) in [6, 6.07) is 0.841. The lowest BCUT2D eigenvalue weighted by molar-refractivity contribution is 0.0599. The first kappa shape index (κ1) is 9.84. The van der Waals surface area contributed by atoms with Crippen molar-refractivity contribution < 1.29 is 9.32 Å². The van der Waals surface area contributed by atoms with Crippen LogP contribution in [0.3, 0.4) is 0 Å². The van der Waals surface area contributed by atoms with E-state index in [-0.39, 0.29) is 5.91 Å². The highest BCUT2D eigenvalue weighted by Gasteiger charge is 2.37. The fourth-order valence-electron chi connectivity index (χ4n) is 2.80. The molecule has 2 unspecified atom stereocenters. The van der Waals surface area contributed by atoms with Gasteiger partial charge in [0.05, 0.1) is 11.8 Å². The first-order valence-electron chi connectivity index (χ1n) is 5.80. The second-order valence-electron chi connectivity index (χ2n) is 4.47. The average molecular weight is 221 g/mol. The van der Waals surface area contributed by atoms with Crippen LogP contribution in [0.15, 0.2) is 17.0 Å². The lowest BCUT2D eigenvalue weighted by Crippen LogP contribution is -2.50. The SMILES string of the molecule is O=C(c1cnoc1)N1CCCC2NCCC21. The van der Waals surface area contributed by atoms with Crippen molar-refractivity contribution in [2.75, 3.05) is 13.1 Å². The van der Waals surface area contributed by atoms with Crippen LogP contribution in [0.25, 0.3) is 0 Å². The van der Waals surface area contributed by atoms with Crippen molar-refractivity contribution >= 4 is 5.91 Å². The molecule has 2 atom stereocenters. The lowest BCUT2D eigenvalue weighted by atomic mass is 9.97. The van der Waals surface area contributed by atoms with E-state index in [0.717, 1.165) is 25.9 Å². The number of piperidine rings is 1. The summed E-state index contributed by atoms with van der Waals surface area (Å²) in [5, 5.41) is 7.04. The molecule has 86 valence electrons. The second-order valence-corrected chi connectivity index (χ2v) is 4.47. The Morgan fingerprint density at radius 2 is 2.50 bits per heavy atom. The van der Waals surface area contributed by atoms with Crippen LogP contribution < -0.4 is 5.32 Å². The Kier molecular flexibility index (Phi) is 2.40. The summed E-state index contributed by atoms with van der Waals surface area (Å²) >= 11 is 0. The van der Waals surface area contributed by atoms with Crippen molar-refractivity contribution in [2.45, 2.75) is 31.3 Å². The van der Waals surface area contributed by atoms with E-state index in [9.17, 15) is 4.79 Å². The zero-order chi connectivity index (χ0) is 11.0. The molecule has 5 heteroatoms. The minimum atomic E-state index is 0.0552. The maximum Gasteiger partial charge on any atom is 0.259 e. The minimum absolute atomic E-state index is 0.0552. The van der Waals surface area contributed by atoms with E-state index in [2.05, 4.69) is 10.5 Å². The molecule has 0 bridgehead atoms. The highest BCUT2D eigenvalue weighted by Crippen LogP contribution is 2.25. The quantitative estimate of drug-likeness (QED) is 0.756. The third-order valence-corrected chi connectivity index (χ3v) is 3.57. The number of fused-ring (bicyclic) bond motifs is 1. The largest absolute Gasteiger partial charge is 0.364 e. The molecule has 0 aliphatic carbocycles. The van der Waals surface area contributed by atoms with Crippen LogP contribution >= 0.6 is 0 Å². The van der Waals surface area contributed by atoms with Crippen molar-refractivity contribution in [3.05, 3.63) is 18.0 Å². The molecule has 1 aromatic rings. The van der Waals surface area contributed by atoms with Gasteiger partial charge in [0.15, 0.2) is 0 Å². The van der Waals surface area contributed by atoms with Crippen molar-refractivity contribution in [1.29, 1.82) is 0 Å². The Morgan fingerprint density at radius 3 is 3.31 bits per heavy atom. The van der Waals surface area contributed by atoms with E-state index in [1.165, 1.54) is 18.9 Å². The molecule has 0 saturated carbocycles. The Labute approximate surface area is 93.8 Å². The number of likely N-dealkylation sites (tertiary alicyclic amines) is 1. The average Bonchev–Trinajstić information content (AvgIpc) is 2.98. The molecular formula is C11H15N3O2. The number of hydrogen-bond acceptors (Lipinski definition) is 4. The maximum absolute atomic E-state index is 12.2. The molecule has 2 fully saturated rings. The number of nitrogens with one attached hydrogen (secondary N) is 1. The van der Waals surface area contributed by atoms with Gasteiger partial charge in [-0.15, -0.1) is 0 Å². The molecule has 16 heavy (non-hydrogen) atoms. The van der Waals surface area contributed by atoms with Gasteiger partial charge in [-0.05, 0) is 25.8 Å². The summed E-state index contributed by atoms with van der Waals surface area (Å²) < 4.78 is 4.72. The molecule has 0 aromatic carbocycles. The van der Waals surface area contributed by atoms with Crippen LogP contribution in [-0.4, -0.2) is 41.1 Å². The van der Waals surface area contributed by atoms with Crippen LogP contribution in [0.1, 0.15) is 29.6 Å². The maximum atomic E-state index is 12.2. The number of nitrogens with zero attached hydrogens (tertiary/aromatic N) is 2. The molecule has 2 aliphatic heterocycles. The van der Waals surface area contributed by atoms with Crippen LogP contribution in [0, 0.1) is 0 Å². The number of carbonyl (C=O) groups is 1. The number of carbonyl (C=O) groups excluding carboxylic acids is 1. The van der Waals surface area contributed by atoms with Gasteiger partial charge in [-0.3, -0.25) is 4.79 Å². The van der Waals surface area contributed by atoms with E-state index < -0.39 is 0 Å². The monoisotopic (exact) mass is 221 g/mol. The number of aromatic nitrogens is 1. The predicted octanol–water partition coefficient (Wildman–Crippen LogP) is 0.641. The van der Waals surface area contributed by atoms with Gasteiger partial charge < -0.3 is 14.7 Å². The van der Waals surface area contributed by atoms with E-state index in [1.54, 1.807) is 0 Å². The first-order valence-corrected chi connectivity index (χ1v) is 5.80. The van der Waals surface area contributed by atoms with Crippen LogP contribution in [0.2, 0.25) is 0 Å². The van der Waals surface area contributed by atoms with E-state index in [0.29, 0.717) is 17.6 Å². The van der Waals surface area contributed by atoms with Crippen molar-refractivity contribution in [1.82, 2.24) is 15.4 Å². The third kappa shape index (κ3) is 1.51. The summed E-state index contributed by atoms with van der Waals surface area (Å²) in [5.41, 5.74) is 0.563. The Hall–Kier alpha value is -1.36. The highest BCUT2D eigenvalue weighted by molar-refractivity contribution is 5.93. The van der Waals surface area contributed by atoms with Gasteiger partial charge in [-0.1, -0.05) is 5.16 Å². The van der Waals surface area contributed by atoms with E-state index >= 15 is 0 Å². The first-order chi connectivity index (χ1) is 7.86. The van der Waals surface area contributed by atoms with Crippen molar-refractivity contribution in [3.63, 3.8) is 0 Å². The summed E-state index contributed by atoms with van der Waals surface area (Å²) in [7, 11) is 0. The van der Waals surface area contributed by atoms with Gasteiger partial charge in [-0.25, -0.2) is 0 Å². The highest BCUT2D eigenvalue weighted by atomic mass is 16.5. The molecule has 0 radical (unpaired) electrons. The number of rotatable bonds is 1. The molecule has 1 N–H and O–H groups in total. The standard InChI is InChI=1S/C11H15N3O2/c15-11(8-6-13-16-7-8)14-5-1-2-9-10(14)3-4-12-9/h6-7,9-10,12H,1-5H2. The molecule has 2 aliphatic rings. The Balaban J connectivity index is 1.80. The molecule has 3 rings (SSSR count). The number of hydrogen-bond donors (Lipinski definition) is 1. The Morgan fingerprint density at radius 1 is 1.56 bits per heavy atom. The van der Waals surface area contributed by atoms with Crippen LogP contribution in [0.4, 0.5) is 0 Å². The molecular weight excluding hydrogens is 206 g/mol. The van der Waals surface area contributed by atoms with Crippen LogP contribution in [-0.2, 0) is 0 Å². The summed E-state index contributed by atoms with van der Waals surface area (Å²) in [6.45, 7) is 1.87. The zero-order valence-electron chi connectivity index (χ0n) is 9.06. The van der Waals surface area contributed by atoms with Crippen molar-refractivity contribution in [3.8, 4) is 0 Å². The van der Waals surface area contributed by atoms with Gasteiger partial charge in [0.25, 0.3) is 5.91 Å². The minimum Gasteiger partial charge on any atom is -0.364 e. The summed E-state index contributed by atoms with van der Waals surface area (Å²) in [4.78, 5) is 14.2. The fourth-order valence-corrected chi connectivity index (χ4v) is 2.80. The van der Waals surface area contributed by atoms with Gasteiger partial charge in [0.1, 0.15) is 6.26 Å². The molecule has 1 amide bonds. The second kappa shape index (κ2) is 3.90. The molecule has 5 nitrogen and oxygen atoms in total. The van der Waals surface area contributed by atoms with E-state index in [1.807, 2.05) is 4.90 Å². The van der Waals surface area contributed by atoms with E-state index in [4.69, 9.17) is 4.52 Å². The van der Waals surface area contributed by atoms with Gasteiger partial charge >= 0.3 is 0 Å². The third-order valence-electron chi connectivity index (χ3n) is 3.57. The molecule has 0 spiro atoms. The van der Waals surface area contributed by atoms with Gasteiger partial charge in [0, 0.05) is 18.6 Å². The summed E-state index contributed by atoms with van der Waals surface area (Å²) in [5.74, 6) is 0.0552. The predicted molar refractivity (Wildman–Crippen MR) is 57.0 cm³/mol. The zero-order valence-corrected chi connectivity index (χ0v) is 9.06. The van der Waals surface area contributed by atoms with Crippen LogP contribution in [0.5, 0.6) is 0 Å². The fraction of sp³-hybridized carbons (Fsp3) is 0.636. The lowest BCUT2D eigenvalue weighted by Gasteiger charge is -2.37. The molecule has 2 saturated heterocycles. The molecule has 1 aromatic heterocycles. The molecule has 3 heterocycles. The van der Waals surface area contributed by atoms with Crippen molar-refractivity contribution in [2.24, 2.45) is 0 Å². The van der Waals surface area contributed by atoms with Gasteiger partial charge in [0.2, 0.25) is 0 Å². The summed E-state index contributed by atoms with van der Waals surface area (Å²) in [6.07, 6.45) is 6.23.